The summed E-state index contributed by atoms with van der Waals surface area (Å²) in [6.07, 6.45) is 8.83. The maximum absolute atomic E-state index is 2.53. The minimum atomic E-state index is 0.329. The van der Waals surface area contributed by atoms with Crippen LogP contribution >= 0.6 is 0 Å². The first kappa shape index (κ1) is 17.0. The summed E-state index contributed by atoms with van der Waals surface area (Å²) in [5.74, 6) is 1.27. The Bertz CT molecular complexity index is 588. The lowest BCUT2D eigenvalue weighted by atomic mass is 9.90. The summed E-state index contributed by atoms with van der Waals surface area (Å²) in [6.45, 7) is 3.53. The monoisotopic (exact) mass is 319 g/mol. The number of benzene rings is 2. The molecule has 1 aliphatic carbocycles. The molecule has 2 aromatic rings. The second-order valence-corrected chi connectivity index (χ2v) is 7.04. The van der Waals surface area contributed by atoms with Gasteiger partial charge in [0.05, 0.1) is 0 Å². The molecule has 3 rings (SSSR count). The number of nitrogens with zero attached hydrogens (tertiary/aromatic N) is 1. The minimum Gasteiger partial charge on any atom is -0.300 e. The van der Waals surface area contributed by atoms with Gasteiger partial charge in [-0.25, -0.2) is 0 Å². The van der Waals surface area contributed by atoms with E-state index < -0.39 is 0 Å². The standard InChI is InChI=1S/C23H29N/c1-3-22(24(2)18-19-14-15-19)16-17-23(20-10-6-4-7-11-20)21-12-8-5-9-13-21/h4-13,16-17,19,22-23H,3,14-15,18H2,1-2H3. The summed E-state index contributed by atoms with van der Waals surface area (Å²) in [4.78, 5) is 2.53. The number of allylic oxidation sites excluding steroid dienone is 1. The third-order valence-corrected chi connectivity index (χ3v) is 5.07. The van der Waals surface area contributed by atoms with Crippen LogP contribution in [0.4, 0.5) is 0 Å². The van der Waals surface area contributed by atoms with Crippen molar-refractivity contribution in [3.05, 3.63) is 83.9 Å². The SMILES string of the molecule is CCC(C=CC(c1ccccc1)c1ccccc1)N(C)CC1CC1. The van der Waals surface area contributed by atoms with Crippen molar-refractivity contribution in [1.29, 1.82) is 0 Å². The lowest BCUT2D eigenvalue weighted by molar-refractivity contribution is 0.265. The Labute approximate surface area is 147 Å². The van der Waals surface area contributed by atoms with E-state index in [2.05, 4.69) is 91.7 Å². The van der Waals surface area contributed by atoms with E-state index in [1.165, 1.54) is 30.5 Å². The molecule has 1 saturated carbocycles. The summed E-state index contributed by atoms with van der Waals surface area (Å²) in [7, 11) is 2.27. The van der Waals surface area contributed by atoms with Crippen LogP contribution in [0.15, 0.2) is 72.8 Å². The fourth-order valence-corrected chi connectivity index (χ4v) is 3.41. The van der Waals surface area contributed by atoms with Crippen LogP contribution in [0.25, 0.3) is 0 Å². The molecule has 0 spiro atoms. The summed E-state index contributed by atoms with van der Waals surface area (Å²) in [5.41, 5.74) is 2.72. The van der Waals surface area contributed by atoms with Gasteiger partial charge in [0.2, 0.25) is 0 Å². The molecular formula is C23H29N. The number of rotatable bonds is 8. The lowest BCUT2D eigenvalue weighted by Crippen LogP contribution is -2.31. The summed E-state index contributed by atoms with van der Waals surface area (Å²) < 4.78 is 0. The predicted molar refractivity (Wildman–Crippen MR) is 103 cm³/mol. The van der Waals surface area contributed by atoms with E-state index in [9.17, 15) is 0 Å². The highest BCUT2D eigenvalue weighted by atomic mass is 15.1. The van der Waals surface area contributed by atoms with Gasteiger partial charge in [-0.15, -0.1) is 0 Å². The van der Waals surface area contributed by atoms with E-state index in [0.29, 0.717) is 12.0 Å². The van der Waals surface area contributed by atoms with Gasteiger partial charge in [-0.3, -0.25) is 4.90 Å². The van der Waals surface area contributed by atoms with Crippen LogP contribution < -0.4 is 0 Å². The molecule has 0 radical (unpaired) electrons. The zero-order valence-electron chi connectivity index (χ0n) is 14.9. The van der Waals surface area contributed by atoms with Crippen LogP contribution in [0.3, 0.4) is 0 Å². The van der Waals surface area contributed by atoms with Crippen molar-refractivity contribution in [3.8, 4) is 0 Å². The van der Waals surface area contributed by atoms with E-state index in [1.54, 1.807) is 0 Å². The molecule has 24 heavy (non-hydrogen) atoms. The molecule has 126 valence electrons. The van der Waals surface area contributed by atoms with Crippen molar-refractivity contribution in [2.75, 3.05) is 13.6 Å². The van der Waals surface area contributed by atoms with Gasteiger partial charge in [-0.05, 0) is 43.4 Å². The van der Waals surface area contributed by atoms with Gasteiger partial charge in [0.15, 0.2) is 0 Å². The van der Waals surface area contributed by atoms with E-state index >= 15 is 0 Å². The molecule has 0 bridgehead atoms. The number of likely N-dealkylation sites (N-methyl/N-ethyl adjacent to an activating group) is 1. The van der Waals surface area contributed by atoms with Gasteiger partial charge in [-0.1, -0.05) is 79.7 Å². The highest BCUT2D eigenvalue weighted by molar-refractivity contribution is 5.36. The zero-order chi connectivity index (χ0) is 16.8. The Morgan fingerprint density at radius 2 is 1.46 bits per heavy atom. The average molecular weight is 319 g/mol. The molecule has 1 atom stereocenters. The van der Waals surface area contributed by atoms with Crippen LogP contribution in [-0.2, 0) is 0 Å². The molecule has 0 N–H and O–H groups in total. The first-order chi connectivity index (χ1) is 11.8. The van der Waals surface area contributed by atoms with Crippen molar-refractivity contribution in [1.82, 2.24) is 4.90 Å². The van der Waals surface area contributed by atoms with Gasteiger partial charge in [0, 0.05) is 18.5 Å². The molecule has 0 heterocycles. The Kier molecular flexibility index (Phi) is 5.87. The van der Waals surface area contributed by atoms with Crippen molar-refractivity contribution in [2.45, 2.75) is 38.1 Å². The molecule has 1 fully saturated rings. The van der Waals surface area contributed by atoms with Crippen molar-refractivity contribution >= 4 is 0 Å². The Hall–Kier alpha value is -1.86. The summed E-state index contributed by atoms with van der Waals surface area (Å²) >= 11 is 0. The molecule has 0 aromatic heterocycles. The molecule has 1 aliphatic rings. The molecule has 1 nitrogen and oxygen atoms in total. The van der Waals surface area contributed by atoms with Crippen LogP contribution in [0.5, 0.6) is 0 Å². The third kappa shape index (κ3) is 4.58. The molecule has 1 unspecified atom stereocenters. The second-order valence-electron chi connectivity index (χ2n) is 7.04. The Morgan fingerprint density at radius 1 is 0.917 bits per heavy atom. The third-order valence-electron chi connectivity index (χ3n) is 5.07. The minimum absolute atomic E-state index is 0.329. The normalized spacial score (nSPS) is 16.2. The van der Waals surface area contributed by atoms with Gasteiger partial charge in [-0.2, -0.15) is 0 Å². The van der Waals surface area contributed by atoms with Crippen LogP contribution in [0, 0.1) is 5.92 Å². The summed E-state index contributed by atoms with van der Waals surface area (Å²) in [6, 6.07) is 22.2. The molecule has 0 aliphatic heterocycles. The largest absolute Gasteiger partial charge is 0.300 e. The maximum atomic E-state index is 2.53. The van der Waals surface area contributed by atoms with Crippen molar-refractivity contribution < 1.29 is 0 Å². The topological polar surface area (TPSA) is 3.24 Å². The molecule has 1 heteroatoms. The van der Waals surface area contributed by atoms with E-state index in [1.807, 2.05) is 0 Å². The van der Waals surface area contributed by atoms with Gasteiger partial charge < -0.3 is 0 Å². The van der Waals surface area contributed by atoms with Crippen LogP contribution in [0.1, 0.15) is 43.2 Å². The zero-order valence-corrected chi connectivity index (χ0v) is 14.9. The van der Waals surface area contributed by atoms with Crippen LogP contribution in [-0.4, -0.2) is 24.5 Å². The molecular weight excluding hydrogens is 290 g/mol. The van der Waals surface area contributed by atoms with E-state index in [0.717, 1.165) is 12.3 Å². The smallest absolute Gasteiger partial charge is 0.0272 e. The van der Waals surface area contributed by atoms with E-state index in [4.69, 9.17) is 0 Å². The quantitative estimate of drug-likeness (QED) is 0.581. The van der Waals surface area contributed by atoms with E-state index in [-0.39, 0.29) is 0 Å². The van der Waals surface area contributed by atoms with Crippen molar-refractivity contribution in [3.63, 3.8) is 0 Å². The molecule has 0 saturated heterocycles. The first-order valence-corrected chi connectivity index (χ1v) is 9.26. The number of hydrogen-bond acceptors (Lipinski definition) is 1. The second kappa shape index (κ2) is 8.30. The predicted octanol–water partition coefficient (Wildman–Crippen LogP) is 5.50. The Balaban J connectivity index is 1.80. The average Bonchev–Trinajstić information content (AvgIpc) is 3.44. The van der Waals surface area contributed by atoms with Crippen molar-refractivity contribution in [2.24, 2.45) is 5.92 Å². The molecule has 0 amide bonds. The maximum Gasteiger partial charge on any atom is 0.0272 e. The van der Waals surface area contributed by atoms with Gasteiger partial charge in [0.25, 0.3) is 0 Å². The Morgan fingerprint density at radius 3 is 1.92 bits per heavy atom. The fraction of sp³-hybridized carbons (Fsp3) is 0.391. The van der Waals surface area contributed by atoms with Crippen LogP contribution in [0.2, 0.25) is 0 Å². The van der Waals surface area contributed by atoms with Gasteiger partial charge in [0.1, 0.15) is 0 Å². The highest BCUT2D eigenvalue weighted by Gasteiger charge is 2.24. The highest BCUT2D eigenvalue weighted by Crippen LogP contribution is 2.31. The lowest BCUT2D eigenvalue weighted by Gasteiger charge is -2.25. The number of hydrogen-bond donors (Lipinski definition) is 0. The first-order valence-electron chi connectivity index (χ1n) is 9.26. The molecule has 2 aromatic carbocycles. The summed E-state index contributed by atoms with van der Waals surface area (Å²) in [5, 5.41) is 0. The fourth-order valence-electron chi connectivity index (χ4n) is 3.41. The van der Waals surface area contributed by atoms with Gasteiger partial charge >= 0.3 is 0 Å².